The van der Waals surface area contributed by atoms with Crippen LogP contribution in [0, 0.1) is 0 Å². The first-order valence-corrected chi connectivity index (χ1v) is 8.58. The molecule has 0 unspecified atom stereocenters. The molecule has 2 heterocycles. The summed E-state index contributed by atoms with van der Waals surface area (Å²) in [6.07, 6.45) is 9.81. The summed E-state index contributed by atoms with van der Waals surface area (Å²) in [4.78, 5) is 13.2. The van der Waals surface area contributed by atoms with Crippen LogP contribution in [-0.4, -0.2) is 21.0 Å². The molecular weight excluding hydrogens is 298 g/mol. The van der Waals surface area contributed by atoms with Crippen molar-refractivity contribution < 1.29 is 0 Å². The third-order valence-corrected chi connectivity index (χ3v) is 4.52. The largest absolute Gasteiger partial charge is 0.367 e. The topological polar surface area (TPSA) is 62.7 Å². The van der Waals surface area contributed by atoms with Crippen molar-refractivity contribution in [3.8, 4) is 0 Å². The molecule has 1 aliphatic carbocycles. The lowest BCUT2D eigenvalue weighted by Gasteiger charge is -2.23. The van der Waals surface area contributed by atoms with E-state index in [1.165, 1.54) is 32.1 Å². The number of fused-ring (bicyclic) bond motifs is 1. The number of pyridine rings is 1. The molecule has 0 saturated heterocycles. The van der Waals surface area contributed by atoms with Gasteiger partial charge in [0.15, 0.2) is 0 Å². The van der Waals surface area contributed by atoms with Crippen molar-refractivity contribution in [2.75, 3.05) is 10.6 Å². The second-order valence-electron chi connectivity index (χ2n) is 6.27. The Morgan fingerprint density at radius 2 is 1.71 bits per heavy atom. The van der Waals surface area contributed by atoms with Crippen LogP contribution in [0.4, 0.5) is 17.3 Å². The number of nitrogens with zero attached hydrogens (tertiary/aromatic N) is 3. The van der Waals surface area contributed by atoms with E-state index in [2.05, 4.69) is 37.7 Å². The Morgan fingerprint density at radius 1 is 0.875 bits per heavy atom. The Balaban J connectivity index is 1.55. The normalized spacial score (nSPS) is 15.3. The predicted octanol–water partition coefficient (Wildman–Crippen LogP) is 4.51. The zero-order valence-electron chi connectivity index (χ0n) is 13.6. The summed E-state index contributed by atoms with van der Waals surface area (Å²) in [6.45, 7) is 0. The lowest BCUT2D eigenvalue weighted by atomic mass is 9.95. The van der Waals surface area contributed by atoms with Crippen LogP contribution in [0.5, 0.6) is 0 Å². The quantitative estimate of drug-likeness (QED) is 0.740. The molecule has 5 heteroatoms. The van der Waals surface area contributed by atoms with Crippen LogP contribution >= 0.6 is 0 Å². The van der Waals surface area contributed by atoms with Gasteiger partial charge in [0.1, 0.15) is 18.0 Å². The fraction of sp³-hybridized carbons (Fsp3) is 0.316. The fourth-order valence-corrected chi connectivity index (χ4v) is 3.30. The first kappa shape index (κ1) is 14.9. The summed E-state index contributed by atoms with van der Waals surface area (Å²) in [5.41, 5.74) is 1.90. The van der Waals surface area contributed by atoms with Crippen molar-refractivity contribution in [3.05, 3.63) is 48.9 Å². The molecule has 2 N–H and O–H groups in total. The van der Waals surface area contributed by atoms with Gasteiger partial charge in [-0.05, 0) is 25.0 Å². The number of rotatable bonds is 4. The molecule has 2 aromatic heterocycles. The van der Waals surface area contributed by atoms with Gasteiger partial charge in [-0.1, -0.05) is 37.5 Å². The minimum Gasteiger partial charge on any atom is -0.367 e. The van der Waals surface area contributed by atoms with Gasteiger partial charge in [0, 0.05) is 23.7 Å². The number of para-hydroxylation sites is 1. The molecule has 3 aromatic rings. The second kappa shape index (κ2) is 6.83. The maximum Gasteiger partial charge on any atom is 0.135 e. The lowest BCUT2D eigenvalue weighted by molar-refractivity contribution is 0.462. The summed E-state index contributed by atoms with van der Waals surface area (Å²) in [6, 6.07) is 12.6. The van der Waals surface area contributed by atoms with Gasteiger partial charge in [0.25, 0.3) is 0 Å². The van der Waals surface area contributed by atoms with Gasteiger partial charge in [-0.2, -0.15) is 0 Å². The van der Waals surface area contributed by atoms with Gasteiger partial charge < -0.3 is 10.6 Å². The van der Waals surface area contributed by atoms with Crippen LogP contribution in [0.2, 0.25) is 0 Å². The highest BCUT2D eigenvalue weighted by atomic mass is 15.1. The lowest BCUT2D eigenvalue weighted by Crippen LogP contribution is -2.22. The van der Waals surface area contributed by atoms with E-state index in [1.807, 2.05) is 30.5 Å². The highest BCUT2D eigenvalue weighted by molar-refractivity contribution is 5.91. The molecule has 0 radical (unpaired) electrons. The van der Waals surface area contributed by atoms with Crippen LogP contribution in [0.15, 0.2) is 48.9 Å². The summed E-state index contributed by atoms with van der Waals surface area (Å²) in [5.74, 6) is 1.66. The Kier molecular flexibility index (Phi) is 4.23. The van der Waals surface area contributed by atoms with Crippen LogP contribution in [0.25, 0.3) is 10.9 Å². The van der Waals surface area contributed by atoms with Gasteiger partial charge in [-0.3, -0.25) is 4.98 Å². The number of nitrogens with one attached hydrogen (secondary N) is 2. The highest BCUT2D eigenvalue weighted by Crippen LogP contribution is 2.25. The Labute approximate surface area is 141 Å². The third-order valence-electron chi connectivity index (χ3n) is 4.52. The Bertz CT molecular complexity index is 821. The van der Waals surface area contributed by atoms with E-state index in [1.54, 1.807) is 6.33 Å². The van der Waals surface area contributed by atoms with Crippen molar-refractivity contribution in [2.24, 2.45) is 0 Å². The van der Waals surface area contributed by atoms with Crippen molar-refractivity contribution in [3.63, 3.8) is 0 Å². The zero-order valence-corrected chi connectivity index (χ0v) is 13.6. The van der Waals surface area contributed by atoms with Crippen molar-refractivity contribution in [2.45, 2.75) is 38.1 Å². The van der Waals surface area contributed by atoms with Crippen molar-refractivity contribution in [1.82, 2.24) is 15.0 Å². The highest BCUT2D eigenvalue weighted by Gasteiger charge is 2.13. The summed E-state index contributed by atoms with van der Waals surface area (Å²) in [7, 11) is 0. The van der Waals surface area contributed by atoms with Gasteiger partial charge in [0.05, 0.1) is 11.2 Å². The number of aromatic nitrogens is 3. The number of benzene rings is 1. The molecule has 1 aromatic carbocycles. The van der Waals surface area contributed by atoms with E-state index in [-0.39, 0.29) is 0 Å². The van der Waals surface area contributed by atoms with Crippen LogP contribution in [-0.2, 0) is 0 Å². The zero-order chi connectivity index (χ0) is 16.2. The second-order valence-corrected chi connectivity index (χ2v) is 6.27. The molecule has 0 atom stereocenters. The molecule has 24 heavy (non-hydrogen) atoms. The monoisotopic (exact) mass is 319 g/mol. The Morgan fingerprint density at radius 3 is 2.62 bits per heavy atom. The van der Waals surface area contributed by atoms with E-state index in [0.29, 0.717) is 6.04 Å². The predicted molar refractivity (Wildman–Crippen MR) is 97.6 cm³/mol. The molecule has 0 spiro atoms. The van der Waals surface area contributed by atoms with E-state index in [0.717, 1.165) is 28.2 Å². The van der Waals surface area contributed by atoms with Gasteiger partial charge >= 0.3 is 0 Å². The van der Waals surface area contributed by atoms with E-state index in [4.69, 9.17) is 0 Å². The standard InChI is InChI=1S/C19H21N5/c1-2-8-15(9-3-1)23-17-12-18(22-13-21-17)24-16-10-4-6-14-7-5-11-20-19(14)16/h4-7,10-13,15H,1-3,8-9H2,(H2,21,22,23,24). The SMILES string of the molecule is c1cnc2c(Nc3cc(NC4CCCCC4)ncn3)cccc2c1. The molecule has 5 nitrogen and oxygen atoms in total. The molecule has 1 saturated carbocycles. The average molecular weight is 319 g/mol. The summed E-state index contributed by atoms with van der Waals surface area (Å²) < 4.78 is 0. The van der Waals surface area contributed by atoms with E-state index in [9.17, 15) is 0 Å². The van der Waals surface area contributed by atoms with Gasteiger partial charge in [-0.15, -0.1) is 0 Å². The van der Waals surface area contributed by atoms with E-state index < -0.39 is 0 Å². The molecule has 1 aliphatic rings. The third kappa shape index (κ3) is 3.30. The van der Waals surface area contributed by atoms with Crippen LogP contribution < -0.4 is 10.6 Å². The first-order chi connectivity index (χ1) is 11.9. The smallest absolute Gasteiger partial charge is 0.135 e. The summed E-state index contributed by atoms with van der Waals surface area (Å²) >= 11 is 0. The average Bonchev–Trinajstić information content (AvgIpc) is 2.63. The van der Waals surface area contributed by atoms with Crippen LogP contribution in [0.3, 0.4) is 0 Å². The first-order valence-electron chi connectivity index (χ1n) is 8.58. The number of anilines is 3. The molecule has 1 fully saturated rings. The maximum absolute atomic E-state index is 4.47. The number of hydrogen-bond acceptors (Lipinski definition) is 5. The minimum absolute atomic E-state index is 0.528. The van der Waals surface area contributed by atoms with Crippen molar-refractivity contribution >= 4 is 28.2 Å². The van der Waals surface area contributed by atoms with Crippen molar-refractivity contribution in [1.29, 1.82) is 0 Å². The summed E-state index contributed by atoms with van der Waals surface area (Å²) in [5, 5.41) is 8.02. The molecule has 0 aliphatic heterocycles. The fourth-order valence-electron chi connectivity index (χ4n) is 3.30. The molecule has 0 bridgehead atoms. The molecular formula is C19H21N5. The molecule has 4 rings (SSSR count). The Hall–Kier alpha value is -2.69. The number of hydrogen-bond donors (Lipinski definition) is 2. The molecule has 0 amide bonds. The van der Waals surface area contributed by atoms with E-state index >= 15 is 0 Å². The maximum atomic E-state index is 4.47. The van der Waals surface area contributed by atoms with Crippen LogP contribution in [0.1, 0.15) is 32.1 Å². The van der Waals surface area contributed by atoms with Gasteiger partial charge in [0.2, 0.25) is 0 Å². The molecule has 122 valence electrons. The van der Waals surface area contributed by atoms with Gasteiger partial charge in [-0.25, -0.2) is 9.97 Å². The minimum atomic E-state index is 0.528.